The van der Waals surface area contributed by atoms with Crippen LogP contribution in [-0.4, -0.2) is 33.1 Å². The van der Waals surface area contributed by atoms with E-state index in [9.17, 15) is 24.8 Å². The molecule has 0 spiro atoms. The minimum Gasteiger partial charge on any atom is -0.511 e. The monoisotopic (exact) mass is 332 g/mol. The number of carboxylic acids is 1. The number of carboxylic acid groups (broad SMARTS) is 1. The predicted molar refractivity (Wildman–Crippen MR) is 85.9 cm³/mol. The first-order chi connectivity index (χ1) is 11.1. The molecule has 0 amide bonds. The van der Waals surface area contributed by atoms with Crippen LogP contribution < -0.4 is 0 Å². The summed E-state index contributed by atoms with van der Waals surface area (Å²) in [7, 11) is 0. The molecule has 2 rings (SSSR count). The first kappa shape index (κ1) is 17.3. The molecule has 0 aromatic heterocycles. The zero-order valence-electron chi connectivity index (χ0n) is 13.1. The molecule has 0 heterocycles. The van der Waals surface area contributed by atoms with Gasteiger partial charge in [-0.25, -0.2) is 4.79 Å². The molecule has 0 aliphatic heterocycles. The Morgan fingerprint density at radius 2 is 2.04 bits per heavy atom. The van der Waals surface area contributed by atoms with Crippen LogP contribution in [0.5, 0.6) is 0 Å². The second-order valence-corrected chi connectivity index (χ2v) is 6.32. The topological polar surface area (TPSA) is 130 Å². The van der Waals surface area contributed by atoms with Crippen molar-refractivity contribution in [3.05, 3.63) is 45.2 Å². The maximum atomic E-state index is 12.1. The summed E-state index contributed by atoms with van der Waals surface area (Å²) in [5.41, 5.74) is -1.08. The zero-order chi connectivity index (χ0) is 18.1. The van der Waals surface area contributed by atoms with Gasteiger partial charge in [-0.05, 0) is 11.5 Å². The number of Topliss-reactive ketones (excluding diaryl/α,β-unsaturated/α-hetero) is 1. The second-order valence-electron chi connectivity index (χ2n) is 6.32. The molecule has 0 fully saturated rings. The Morgan fingerprint density at radius 3 is 2.58 bits per heavy atom. The summed E-state index contributed by atoms with van der Waals surface area (Å²) < 4.78 is 0. The highest BCUT2D eigenvalue weighted by Gasteiger charge is 2.32. The van der Waals surface area contributed by atoms with Crippen LogP contribution >= 0.6 is 0 Å². The molecule has 0 saturated heterocycles. The van der Waals surface area contributed by atoms with Crippen LogP contribution in [0.1, 0.15) is 37.0 Å². The molecule has 8 heteroatoms. The van der Waals surface area contributed by atoms with Crippen molar-refractivity contribution in [2.45, 2.75) is 26.7 Å². The number of aliphatic hydroxyl groups excluding tert-OH is 1. The summed E-state index contributed by atoms with van der Waals surface area (Å²) in [5, 5.41) is 29.9. The molecule has 0 saturated carbocycles. The number of carbonyl (C=O) groups is 2. The van der Waals surface area contributed by atoms with E-state index in [1.54, 1.807) is 0 Å². The van der Waals surface area contributed by atoms with Crippen LogP contribution in [0.2, 0.25) is 0 Å². The van der Waals surface area contributed by atoms with Gasteiger partial charge in [0.2, 0.25) is 0 Å². The lowest BCUT2D eigenvalue weighted by Gasteiger charge is -2.28. The number of rotatable bonds is 4. The molecule has 2 N–H and O–H groups in total. The fourth-order valence-electron chi connectivity index (χ4n) is 2.50. The third kappa shape index (κ3) is 3.65. The van der Waals surface area contributed by atoms with Gasteiger partial charge in [0.15, 0.2) is 5.78 Å². The Balaban J connectivity index is 2.40. The quantitative estimate of drug-likeness (QED) is 0.494. The van der Waals surface area contributed by atoms with Crippen LogP contribution in [0.15, 0.2) is 34.5 Å². The Hall–Kier alpha value is -3.03. The van der Waals surface area contributed by atoms with Gasteiger partial charge in [0.25, 0.3) is 5.69 Å². The molecular weight excluding hydrogens is 316 g/mol. The summed E-state index contributed by atoms with van der Waals surface area (Å²) in [5.74, 6) is -1.76. The molecule has 24 heavy (non-hydrogen) atoms. The molecule has 0 radical (unpaired) electrons. The molecule has 0 bridgehead atoms. The number of aliphatic hydroxyl groups is 1. The van der Waals surface area contributed by atoms with E-state index in [4.69, 9.17) is 5.11 Å². The lowest BCUT2D eigenvalue weighted by Crippen LogP contribution is -2.26. The molecule has 1 aromatic rings. The molecule has 1 aliphatic rings. The van der Waals surface area contributed by atoms with E-state index in [2.05, 4.69) is 4.99 Å². The van der Waals surface area contributed by atoms with Crippen molar-refractivity contribution >= 4 is 29.3 Å². The average molecular weight is 332 g/mol. The van der Waals surface area contributed by atoms with Gasteiger partial charge in [0, 0.05) is 31.2 Å². The van der Waals surface area contributed by atoms with Gasteiger partial charge >= 0.3 is 5.97 Å². The number of benzene rings is 1. The maximum absolute atomic E-state index is 12.1. The van der Waals surface area contributed by atoms with Gasteiger partial charge in [-0.2, -0.15) is 0 Å². The number of ketones is 1. The number of hydrogen-bond acceptors (Lipinski definition) is 6. The molecule has 0 atom stereocenters. The third-order valence-electron chi connectivity index (χ3n) is 3.65. The van der Waals surface area contributed by atoms with Crippen molar-refractivity contribution in [3.8, 4) is 0 Å². The van der Waals surface area contributed by atoms with Crippen LogP contribution in [-0.2, 0) is 4.79 Å². The van der Waals surface area contributed by atoms with Crippen molar-refractivity contribution in [2.75, 3.05) is 0 Å². The third-order valence-corrected chi connectivity index (χ3v) is 3.65. The molecule has 1 aromatic carbocycles. The van der Waals surface area contributed by atoms with E-state index in [0.717, 1.165) is 18.3 Å². The number of allylic oxidation sites excluding steroid dienone is 2. The average Bonchev–Trinajstić information content (AvgIpc) is 2.44. The van der Waals surface area contributed by atoms with E-state index >= 15 is 0 Å². The molecular formula is C16H16N2O6. The van der Waals surface area contributed by atoms with Gasteiger partial charge in [-0.1, -0.05) is 13.8 Å². The number of carbonyl (C=O) groups excluding carboxylic acids is 1. The smallest absolute Gasteiger partial charge is 0.338 e. The number of aromatic carboxylic acids is 1. The first-order valence-electron chi connectivity index (χ1n) is 7.12. The number of aliphatic imine (C=N–C) groups is 1. The summed E-state index contributed by atoms with van der Waals surface area (Å²) >= 11 is 0. The Morgan fingerprint density at radius 1 is 1.38 bits per heavy atom. The fourth-order valence-corrected chi connectivity index (χ4v) is 2.50. The van der Waals surface area contributed by atoms with Gasteiger partial charge < -0.3 is 10.2 Å². The molecule has 0 unspecified atom stereocenters. The van der Waals surface area contributed by atoms with E-state index in [1.807, 2.05) is 13.8 Å². The van der Waals surface area contributed by atoms with Crippen LogP contribution in [0.3, 0.4) is 0 Å². The Labute approximate surface area is 137 Å². The van der Waals surface area contributed by atoms with E-state index in [0.29, 0.717) is 6.42 Å². The lowest BCUT2D eigenvalue weighted by atomic mass is 9.77. The number of non-ortho nitro benzene ring substituents is 1. The number of nitro groups is 1. The minimum atomic E-state index is -1.37. The largest absolute Gasteiger partial charge is 0.511 e. The second kappa shape index (κ2) is 6.23. The van der Waals surface area contributed by atoms with Gasteiger partial charge in [-0.15, -0.1) is 0 Å². The lowest BCUT2D eigenvalue weighted by molar-refractivity contribution is -0.384. The van der Waals surface area contributed by atoms with Crippen molar-refractivity contribution in [1.82, 2.24) is 0 Å². The number of nitrogens with zero attached hydrogens (tertiary/aromatic N) is 2. The van der Waals surface area contributed by atoms with Crippen molar-refractivity contribution in [1.29, 1.82) is 0 Å². The SMILES string of the molecule is CC1(C)CC(=O)C(C=Nc2ccc([N+](=O)[O-])cc2C(=O)O)=C(O)C1. The van der Waals surface area contributed by atoms with Gasteiger partial charge in [0.1, 0.15) is 5.76 Å². The molecule has 1 aliphatic carbocycles. The van der Waals surface area contributed by atoms with Crippen molar-refractivity contribution in [2.24, 2.45) is 10.4 Å². The zero-order valence-corrected chi connectivity index (χ0v) is 13.1. The van der Waals surface area contributed by atoms with Crippen molar-refractivity contribution in [3.63, 3.8) is 0 Å². The Bertz CT molecular complexity index is 792. The van der Waals surface area contributed by atoms with Gasteiger partial charge in [0.05, 0.1) is 21.7 Å². The molecule has 126 valence electrons. The summed E-state index contributed by atoms with van der Waals surface area (Å²) in [6.07, 6.45) is 1.66. The van der Waals surface area contributed by atoms with E-state index < -0.39 is 10.9 Å². The fraction of sp³-hybridized carbons (Fsp3) is 0.312. The Kier molecular flexibility index (Phi) is 4.50. The van der Waals surface area contributed by atoms with E-state index in [1.165, 1.54) is 6.07 Å². The number of nitro benzene ring substituents is 1. The minimum absolute atomic E-state index is 0.0315. The first-order valence-corrected chi connectivity index (χ1v) is 7.12. The van der Waals surface area contributed by atoms with Crippen LogP contribution in [0.25, 0.3) is 0 Å². The maximum Gasteiger partial charge on any atom is 0.338 e. The van der Waals surface area contributed by atoms with Crippen LogP contribution in [0, 0.1) is 15.5 Å². The van der Waals surface area contributed by atoms with Crippen molar-refractivity contribution < 1.29 is 24.7 Å². The summed E-state index contributed by atoms with van der Waals surface area (Å²) in [6.45, 7) is 3.71. The van der Waals surface area contributed by atoms with Gasteiger partial charge in [-0.3, -0.25) is 19.9 Å². The predicted octanol–water partition coefficient (Wildman–Crippen LogP) is 3.20. The normalized spacial score (nSPS) is 17.3. The highest BCUT2D eigenvalue weighted by Crippen LogP contribution is 2.35. The molecule has 8 nitrogen and oxygen atoms in total. The highest BCUT2D eigenvalue weighted by molar-refractivity contribution is 6.15. The summed E-state index contributed by atoms with van der Waals surface area (Å²) in [6, 6.07) is 3.21. The van der Waals surface area contributed by atoms with Crippen LogP contribution in [0.4, 0.5) is 11.4 Å². The van der Waals surface area contributed by atoms with E-state index in [-0.39, 0.29) is 45.9 Å². The highest BCUT2D eigenvalue weighted by atomic mass is 16.6. The standard InChI is InChI=1S/C16H16N2O6/c1-16(2)6-13(19)11(14(20)7-16)8-17-12-4-3-9(18(23)24)5-10(12)15(21)22/h3-5,8,19H,6-7H2,1-2H3,(H,21,22). The summed E-state index contributed by atoms with van der Waals surface area (Å²) in [4.78, 5) is 37.3. The number of hydrogen-bond donors (Lipinski definition) is 2.